The predicted molar refractivity (Wildman–Crippen MR) is 71.0 cm³/mol. The summed E-state index contributed by atoms with van der Waals surface area (Å²) < 4.78 is 0. The normalized spacial score (nSPS) is 21.8. The third-order valence-corrected chi connectivity index (χ3v) is 3.53. The van der Waals surface area contributed by atoms with Crippen molar-refractivity contribution in [2.24, 2.45) is 0 Å². The first kappa shape index (κ1) is 14.5. The number of piperidine rings is 1. The number of hydrogen-bond donors (Lipinski definition) is 1. The van der Waals surface area contributed by atoms with E-state index >= 15 is 0 Å². The van der Waals surface area contributed by atoms with Crippen LogP contribution >= 0.6 is 0 Å². The van der Waals surface area contributed by atoms with Crippen LogP contribution in [0.4, 0.5) is 0 Å². The summed E-state index contributed by atoms with van der Waals surface area (Å²) in [5.74, 6) is 0.233. The van der Waals surface area contributed by atoms with Gasteiger partial charge in [-0.25, -0.2) is 0 Å². The van der Waals surface area contributed by atoms with E-state index < -0.39 is 0 Å². The van der Waals surface area contributed by atoms with E-state index in [0.29, 0.717) is 12.6 Å². The van der Waals surface area contributed by atoms with Gasteiger partial charge in [0.05, 0.1) is 6.54 Å². The van der Waals surface area contributed by atoms with Gasteiger partial charge in [-0.05, 0) is 39.8 Å². The molecule has 1 rings (SSSR count). The maximum atomic E-state index is 12.0. The second kappa shape index (κ2) is 6.97. The number of likely N-dealkylation sites (tertiary alicyclic amines) is 1. The Kier molecular flexibility index (Phi) is 5.92. The summed E-state index contributed by atoms with van der Waals surface area (Å²) in [4.78, 5) is 16.1. The Balaban J connectivity index is 2.38. The Morgan fingerprint density at radius 1 is 1.53 bits per heavy atom. The molecule has 0 aliphatic carbocycles. The summed E-state index contributed by atoms with van der Waals surface area (Å²) in [5, 5.41) is 3.47. The molecule has 1 saturated heterocycles. The lowest BCUT2D eigenvalue weighted by atomic mass is 10.1. The van der Waals surface area contributed by atoms with Crippen LogP contribution < -0.4 is 5.32 Å². The van der Waals surface area contributed by atoms with Crippen LogP contribution in [-0.4, -0.2) is 61.0 Å². The van der Waals surface area contributed by atoms with Gasteiger partial charge in [-0.1, -0.05) is 6.92 Å². The molecule has 0 spiro atoms. The molecule has 17 heavy (non-hydrogen) atoms. The van der Waals surface area contributed by atoms with Gasteiger partial charge in [0.2, 0.25) is 5.91 Å². The molecule has 1 unspecified atom stereocenters. The molecule has 1 heterocycles. The fraction of sp³-hybridized carbons (Fsp3) is 0.923. The minimum Gasteiger partial charge on any atom is -0.342 e. The zero-order valence-electron chi connectivity index (χ0n) is 11.7. The molecule has 0 radical (unpaired) electrons. The zero-order chi connectivity index (χ0) is 12.8. The maximum Gasteiger partial charge on any atom is 0.236 e. The van der Waals surface area contributed by atoms with Crippen molar-refractivity contribution >= 4 is 5.91 Å². The molecule has 4 heteroatoms. The van der Waals surface area contributed by atoms with Gasteiger partial charge in [0.1, 0.15) is 0 Å². The van der Waals surface area contributed by atoms with Gasteiger partial charge in [0, 0.05) is 25.7 Å². The van der Waals surface area contributed by atoms with Gasteiger partial charge in [0.25, 0.3) is 0 Å². The van der Waals surface area contributed by atoms with E-state index in [1.54, 1.807) is 0 Å². The van der Waals surface area contributed by atoms with Crippen molar-refractivity contribution in [3.8, 4) is 0 Å². The fourth-order valence-electron chi connectivity index (χ4n) is 2.25. The number of likely N-dealkylation sites (N-methyl/N-ethyl adjacent to an activating group) is 2. The molecular formula is C13H27N3O. The molecule has 1 N–H and O–H groups in total. The molecule has 0 aromatic carbocycles. The Morgan fingerprint density at radius 3 is 2.82 bits per heavy atom. The summed E-state index contributed by atoms with van der Waals surface area (Å²) in [5.41, 5.74) is 0. The Hall–Kier alpha value is -0.610. The first-order chi connectivity index (χ1) is 8.04. The second-order valence-electron chi connectivity index (χ2n) is 5.23. The molecule has 1 aliphatic heterocycles. The summed E-state index contributed by atoms with van der Waals surface area (Å²) in [6, 6.07) is 0.850. The van der Waals surface area contributed by atoms with Crippen molar-refractivity contribution < 1.29 is 4.79 Å². The second-order valence-corrected chi connectivity index (χ2v) is 5.23. The molecule has 0 aromatic heterocycles. The molecule has 1 atom stereocenters. The summed E-state index contributed by atoms with van der Waals surface area (Å²) in [7, 11) is 1.89. The summed E-state index contributed by atoms with van der Waals surface area (Å²) in [6.45, 7) is 9.88. The highest BCUT2D eigenvalue weighted by Gasteiger charge is 2.22. The van der Waals surface area contributed by atoms with E-state index in [9.17, 15) is 4.79 Å². The van der Waals surface area contributed by atoms with Gasteiger partial charge < -0.3 is 10.2 Å². The van der Waals surface area contributed by atoms with Gasteiger partial charge >= 0.3 is 0 Å². The zero-order valence-corrected chi connectivity index (χ0v) is 11.7. The van der Waals surface area contributed by atoms with E-state index in [4.69, 9.17) is 0 Å². The van der Waals surface area contributed by atoms with E-state index in [0.717, 1.165) is 19.6 Å². The Bertz CT molecular complexity index is 241. The third kappa shape index (κ3) is 4.64. The van der Waals surface area contributed by atoms with E-state index in [1.807, 2.05) is 11.9 Å². The third-order valence-electron chi connectivity index (χ3n) is 3.53. The number of amides is 1. The van der Waals surface area contributed by atoms with Crippen molar-refractivity contribution in [1.29, 1.82) is 0 Å². The fourth-order valence-corrected chi connectivity index (χ4v) is 2.25. The number of nitrogens with zero attached hydrogens (tertiary/aromatic N) is 2. The highest BCUT2D eigenvalue weighted by Crippen LogP contribution is 2.10. The van der Waals surface area contributed by atoms with E-state index in [2.05, 4.69) is 31.0 Å². The van der Waals surface area contributed by atoms with Gasteiger partial charge in [-0.2, -0.15) is 0 Å². The number of rotatable bonds is 5. The lowest BCUT2D eigenvalue weighted by molar-refractivity contribution is -0.132. The Labute approximate surface area is 105 Å². The standard InChI is InChI=1S/C13H27N3O/c1-5-14-12-7-6-8-16(9-12)10-13(17)15(4)11(2)3/h11-12,14H,5-10H2,1-4H3. The topological polar surface area (TPSA) is 35.6 Å². The lowest BCUT2D eigenvalue weighted by Crippen LogP contribution is -2.49. The number of carbonyl (C=O) groups is 1. The SMILES string of the molecule is CCNC1CCCN(CC(=O)N(C)C(C)C)C1. The molecule has 0 bridgehead atoms. The highest BCUT2D eigenvalue weighted by atomic mass is 16.2. The first-order valence-corrected chi connectivity index (χ1v) is 6.76. The molecule has 1 fully saturated rings. The highest BCUT2D eigenvalue weighted by molar-refractivity contribution is 5.78. The monoisotopic (exact) mass is 241 g/mol. The van der Waals surface area contributed by atoms with Gasteiger partial charge in [-0.15, -0.1) is 0 Å². The van der Waals surface area contributed by atoms with Gasteiger partial charge in [0.15, 0.2) is 0 Å². The quantitative estimate of drug-likeness (QED) is 0.778. The smallest absolute Gasteiger partial charge is 0.236 e. The summed E-state index contributed by atoms with van der Waals surface area (Å²) >= 11 is 0. The number of nitrogens with one attached hydrogen (secondary N) is 1. The predicted octanol–water partition coefficient (Wildman–Crippen LogP) is 0.927. The first-order valence-electron chi connectivity index (χ1n) is 6.76. The van der Waals surface area contributed by atoms with Crippen LogP contribution in [0.2, 0.25) is 0 Å². The van der Waals surface area contributed by atoms with Crippen LogP contribution in [0.1, 0.15) is 33.6 Å². The number of hydrogen-bond acceptors (Lipinski definition) is 3. The van der Waals surface area contributed by atoms with Crippen LogP contribution in [0.25, 0.3) is 0 Å². The van der Waals surface area contributed by atoms with Crippen LogP contribution in [0, 0.1) is 0 Å². The largest absolute Gasteiger partial charge is 0.342 e. The average Bonchev–Trinajstić information content (AvgIpc) is 2.28. The van der Waals surface area contributed by atoms with Crippen molar-refractivity contribution in [3.63, 3.8) is 0 Å². The molecule has 0 aromatic rings. The summed E-state index contributed by atoms with van der Waals surface area (Å²) in [6.07, 6.45) is 2.43. The van der Waals surface area contributed by atoms with E-state index in [-0.39, 0.29) is 11.9 Å². The lowest BCUT2D eigenvalue weighted by Gasteiger charge is -2.34. The Morgan fingerprint density at radius 2 is 2.24 bits per heavy atom. The molecule has 100 valence electrons. The van der Waals surface area contributed by atoms with Crippen molar-refractivity contribution in [3.05, 3.63) is 0 Å². The molecule has 1 aliphatic rings. The van der Waals surface area contributed by atoms with Crippen molar-refractivity contribution in [2.45, 2.75) is 45.7 Å². The van der Waals surface area contributed by atoms with Gasteiger partial charge in [-0.3, -0.25) is 9.69 Å². The van der Waals surface area contributed by atoms with E-state index in [1.165, 1.54) is 12.8 Å². The average molecular weight is 241 g/mol. The van der Waals surface area contributed by atoms with Crippen LogP contribution in [0.15, 0.2) is 0 Å². The van der Waals surface area contributed by atoms with Crippen LogP contribution in [0.5, 0.6) is 0 Å². The molecule has 1 amide bonds. The van der Waals surface area contributed by atoms with Crippen molar-refractivity contribution in [2.75, 3.05) is 33.2 Å². The molecular weight excluding hydrogens is 214 g/mol. The molecule has 0 saturated carbocycles. The maximum absolute atomic E-state index is 12.0. The number of carbonyl (C=O) groups excluding carboxylic acids is 1. The van der Waals surface area contributed by atoms with Crippen LogP contribution in [-0.2, 0) is 4.79 Å². The van der Waals surface area contributed by atoms with Crippen LogP contribution in [0.3, 0.4) is 0 Å². The molecule has 4 nitrogen and oxygen atoms in total. The minimum atomic E-state index is 0.233. The minimum absolute atomic E-state index is 0.233. The van der Waals surface area contributed by atoms with Crippen molar-refractivity contribution in [1.82, 2.24) is 15.1 Å².